The summed E-state index contributed by atoms with van der Waals surface area (Å²) in [6, 6.07) is 6.34. The van der Waals surface area contributed by atoms with Crippen molar-refractivity contribution < 1.29 is 23.8 Å². The lowest BCUT2D eigenvalue weighted by molar-refractivity contribution is -0.167. The van der Waals surface area contributed by atoms with Gasteiger partial charge in [-0.05, 0) is 43.2 Å². The standard InChI is InChI=1S/C23H32Cl2O5/c1-4-5-6-7-8-9-10-11-16-28-22(26)20(17(2)3)30-23(27)21(25)29-19-14-12-18(24)13-15-19/h12-15,20-21H,2,4-11,16H2,1,3H3. The maximum absolute atomic E-state index is 12.3. The number of hydrogen-bond donors (Lipinski definition) is 0. The van der Waals surface area contributed by atoms with Gasteiger partial charge in [0.05, 0.1) is 6.61 Å². The molecule has 7 heteroatoms. The molecular weight excluding hydrogens is 427 g/mol. The normalized spacial score (nSPS) is 12.7. The van der Waals surface area contributed by atoms with E-state index in [-0.39, 0.29) is 6.61 Å². The molecule has 0 N–H and O–H groups in total. The highest BCUT2D eigenvalue weighted by Gasteiger charge is 2.29. The second kappa shape index (κ2) is 15.1. The van der Waals surface area contributed by atoms with Gasteiger partial charge in [0.2, 0.25) is 6.10 Å². The van der Waals surface area contributed by atoms with Crippen LogP contribution in [0.4, 0.5) is 0 Å². The smallest absolute Gasteiger partial charge is 0.364 e. The van der Waals surface area contributed by atoms with Gasteiger partial charge in [-0.25, -0.2) is 9.59 Å². The molecule has 0 heterocycles. The van der Waals surface area contributed by atoms with Crippen LogP contribution in [0.1, 0.15) is 65.2 Å². The van der Waals surface area contributed by atoms with Crippen molar-refractivity contribution in [3.05, 3.63) is 41.4 Å². The lowest BCUT2D eigenvalue weighted by atomic mass is 10.1. The van der Waals surface area contributed by atoms with Gasteiger partial charge < -0.3 is 14.2 Å². The van der Waals surface area contributed by atoms with Gasteiger partial charge in [-0.15, -0.1) is 0 Å². The van der Waals surface area contributed by atoms with Gasteiger partial charge in [-0.2, -0.15) is 0 Å². The Bertz CT molecular complexity index is 660. The number of hydrogen-bond acceptors (Lipinski definition) is 5. The number of rotatable bonds is 15. The maximum Gasteiger partial charge on any atom is 0.364 e. The molecule has 2 unspecified atom stereocenters. The molecule has 0 spiro atoms. The Morgan fingerprint density at radius 1 is 0.967 bits per heavy atom. The minimum atomic E-state index is -1.42. The molecule has 0 saturated heterocycles. The van der Waals surface area contributed by atoms with Crippen LogP contribution in [0.2, 0.25) is 5.02 Å². The highest BCUT2D eigenvalue weighted by atomic mass is 35.5. The fraction of sp³-hybridized carbons (Fsp3) is 0.565. The molecule has 1 rings (SSSR count). The summed E-state index contributed by atoms with van der Waals surface area (Å²) in [6.45, 7) is 7.76. The molecule has 30 heavy (non-hydrogen) atoms. The predicted octanol–water partition coefficient (Wildman–Crippen LogP) is 6.46. The van der Waals surface area contributed by atoms with E-state index in [0.717, 1.165) is 19.3 Å². The summed E-state index contributed by atoms with van der Waals surface area (Å²) < 4.78 is 15.7. The van der Waals surface area contributed by atoms with Crippen molar-refractivity contribution in [1.82, 2.24) is 0 Å². The number of carbonyl (C=O) groups is 2. The summed E-state index contributed by atoms with van der Waals surface area (Å²) in [4.78, 5) is 24.5. The van der Waals surface area contributed by atoms with E-state index in [0.29, 0.717) is 16.3 Å². The Labute approximate surface area is 189 Å². The van der Waals surface area contributed by atoms with Gasteiger partial charge in [0.25, 0.3) is 5.56 Å². The van der Waals surface area contributed by atoms with Crippen LogP contribution in [0.15, 0.2) is 36.4 Å². The number of unbranched alkanes of at least 4 members (excludes halogenated alkanes) is 7. The van der Waals surface area contributed by atoms with Crippen molar-refractivity contribution in [2.45, 2.75) is 76.9 Å². The van der Waals surface area contributed by atoms with Crippen LogP contribution in [0, 0.1) is 0 Å². The van der Waals surface area contributed by atoms with E-state index in [9.17, 15) is 9.59 Å². The Balaban J connectivity index is 2.35. The molecular formula is C23H32Cl2O5. The van der Waals surface area contributed by atoms with E-state index in [1.807, 2.05) is 0 Å². The average Bonchev–Trinajstić information content (AvgIpc) is 2.71. The van der Waals surface area contributed by atoms with Crippen molar-refractivity contribution >= 4 is 35.1 Å². The van der Waals surface area contributed by atoms with Gasteiger partial charge in [0.15, 0.2) is 0 Å². The zero-order chi connectivity index (χ0) is 22.4. The number of carbonyl (C=O) groups excluding carboxylic acids is 2. The molecule has 0 fully saturated rings. The zero-order valence-corrected chi connectivity index (χ0v) is 19.3. The first-order valence-electron chi connectivity index (χ1n) is 10.4. The fourth-order valence-corrected chi connectivity index (χ4v) is 2.96. The molecule has 168 valence electrons. The van der Waals surface area contributed by atoms with Gasteiger partial charge >= 0.3 is 11.9 Å². The summed E-state index contributed by atoms with van der Waals surface area (Å²) >= 11 is 11.8. The van der Waals surface area contributed by atoms with Crippen LogP contribution < -0.4 is 4.74 Å². The summed E-state index contributed by atoms with van der Waals surface area (Å²) in [7, 11) is 0. The van der Waals surface area contributed by atoms with E-state index >= 15 is 0 Å². The molecule has 0 aromatic heterocycles. The topological polar surface area (TPSA) is 61.8 Å². The molecule has 0 aliphatic rings. The minimum absolute atomic E-state index is 0.278. The third-order valence-electron chi connectivity index (χ3n) is 4.38. The molecule has 5 nitrogen and oxygen atoms in total. The van der Waals surface area contributed by atoms with Crippen molar-refractivity contribution in [1.29, 1.82) is 0 Å². The molecule has 0 aliphatic heterocycles. The quantitative estimate of drug-likeness (QED) is 0.130. The molecule has 0 bridgehead atoms. The van der Waals surface area contributed by atoms with E-state index in [2.05, 4.69) is 13.5 Å². The van der Waals surface area contributed by atoms with Gasteiger partial charge in [-0.1, -0.05) is 81.7 Å². The Kier molecular flexibility index (Phi) is 13.3. The van der Waals surface area contributed by atoms with Gasteiger partial charge in [-0.3, -0.25) is 0 Å². The summed E-state index contributed by atoms with van der Waals surface area (Å²) in [6.07, 6.45) is 7.92. The van der Waals surface area contributed by atoms with Crippen LogP contribution in [0.25, 0.3) is 0 Å². The number of halogens is 2. The first-order chi connectivity index (χ1) is 14.3. The number of esters is 2. The fourth-order valence-electron chi connectivity index (χ4n) is 2.68. The van der Waals surface area contributed by atoms with E-state index in [1.54, 1.807) is 31.2 Å². The molecule has 0 radical (unpaired) electrons. The zero-order valence-electron chi connectivity index (χ0n) is 17.8. The molecule has 0 amide bonds. The first-order valence-corrected chi connectivity index (χ1v) is 11.3. The largest absolute Gasteiger partial charge is 0.463 e. The van der Waals surface area contributed by atoms with Crippen molar-refractivity contribution in [2.75, 3.05) is 6.61 Å². The first kappa shape index (κ1) is 26.3. The number of ether oxygens (including phenoxy) is 3. The maximum atomic E-state index is 12.3. The molecule has 0 saturated carbocycles. The SMILES string of the molecule is C=C(C)C(OC(=O)C(Cl)Oc1ccc(Cl)cc1)C(=O)OCCCCCCCCCC. The Morgan fingerprint density at radius 2 is 1.53 bits per heavy atom. The summed E-state index contributed by atoms with van der Waals surface area (Å²) in [5.41, 5.74) is -1.08. The van der Waals surface area contributed by atoms with Crippen molar-refractivity contribution in [2.24, 2.45) is 0 Å². The molecule has 1 aromatic rings. The molecule has 0 aliphatic carbocycles. The number of alkyl halides is 1. The van der Waals surface area contributed by atoms with Gasteiger partial charge in [0.1, 0.15) is 5.75 Å². The Morgan fingerprint density at radius 3 is 2.10 bits per heavy atom. The van der Waals surface area contributed by atoms with Crippen LogP contribution >= 0.6 is 23.2 Å². The predicted molar refractivity (Wildman–Crippen MR) is 120 cm³/mol. The van der Waals surface area contributed by atoms with Crippen LogP contribution in [-0.4, -0.2) is 30.2 Å². The van der Waals surface area contributed by atoms with E-state index in [4.69, 9.17) is 37.4 Å². The second-order valence-electron chi connectivity index (χ2n) is 7.19. The van der Waals surface area contributed by atoms with Crippen LogP contribution in [0.3, 0.4) is 0 Å². The van der Waals surface area contributed by atoms with Crippen LogP contribution in [-0.2, 0) is 19.1 Å². The van der Waals surface area contributed by atoms with E-state index < -0.39 is 23.6 Å². The van der Waals surface area contributed by atoms with Crippen molar-refractivity contribution in [3.63, 3.8) is 0 Å². The highest BCUT2D eigenvalue weighted by Crippen LogP contribution is 2.19. The second-order valence-corrected chi connectivity index (χ2v) is 8.03. The van der Waals surface area contributed by atoms with E-state index in [1.165, 1.54) is 32.1 Å². The summed E-state index contributed by atoms with van der Waals surface area (Å²) in [5, 5.41) is 0.526. The monoisotopic (exact) mass is 458 g/mol. The third kappa shape index (κ3) is 10.9. The molecule has 2 atom stereocenters. The Hall–Kier alpha value is -1.72. The average molecular weight is 459 g/mol. The summed E-state index contributed by atoms with van der Waals surface area (Å²) in [5.74, 6) is -1.21. The highest BCUT2D eigenvalue weighted by molar-refractivity contribution is 6.30. The third-order valence-corrected chi connectivity index (χ3v) is 4.90. The minimum Gasteiger partial charge on any atom is -0.463 e. The molecule has 1 aromatic carbocycles. The number of benzene rings is 1. The lowest BCUT2D eigenvalue weighted by Gasteiger charge is -2.19. The van der Waals surface area contributed by atoms with Crippen molar-refractivity contribution in [3.8, 4) is 5.75 Å². The van der Waals surface area contributed by atoms with Gasteiger partial charge in [0, 0.05) is 5.02 Å². The van der Waals surface area contributed by atoms with Crippen LogP contribution in [0.5, 0.6) is 5.75 Å². The lowest BCUT2D eigenvalue weighted by Crippen LogP contribution is -2.34.